The van der Waals surface area contributed by atoms with Crippen molar-refractivity contribution in [1.82, 2.24) is 0 Å². The maximum atomic E-state index is 14.0. The Morgan fingerprint density at radius 1 is 1.47 bits per heavy atom. The molecule has 3 N–H and O–H groups in total. The van der Waals surface area contributed by atoms with Crippen LogP contribution in [0.4, 0.5) is 4.39 Å². The first kappa shape index (κ1) is 14.4. The average Bonchev–Trinajstić information content (AvgIpc) is 2.24. The van der Waals surface area contributed by atoms with Crippen molar-refractivity contribution in [2.45, 2.75) is 33.2 Å². The lowest BCUT2D eigenvalue weighted by molar-refractivity contribution is 0.182. The quantitative estimate of drug-likeness (QED) is 0.872. The van der Waals surface area contributed by atoms with Gasteiger partial charge in [-0.15, -0.1) is 0 Å². The number of hydrogen-bond donors (Lipinski definition) is 2. The fourth-order valence-corrected chi connectivity index (χ4v) is 2.04. The molecule has 2 nitrogen and oxygen atoms in total. The number of rotatable bonds is 4. The van der Waals surface area contributed by atoms with Crippen LogP contribution in [0.3, 0.4) is 0 Å². The largest absolute Gasteiger partial charge is 0.396 e. The molecule has 0 heterocycles. The molecular formula is C13H19ClFNO. The van der Waals surface area contributed by atoms with Gasteiger partial charge in [0.15, 0.2) is 0 Å². The molecule has 0 fully saturated rings. The molecule has 0 aliphatic heterocycles. The van der Waals surface area contributed by atoms with E-state index in [4.69, 9.17) is 22.4 Å². The Morgan fingerprint density at radius 3 is 2.59 bits per heavy atom. The Hall–Kier alpha value is -0.640. The molecule has 4 heteroatoms. The van der Waals surface area contributed by atoms with Crippen LogP contribution in [0.2, 0.25) is 5.02 Å². The highest BCUT2D eigenvalue weighted by Crippen LogP contribution is 2.38. The van der Waals surface area contributed by atoms with Crippen LogP contribution < -0.4 is 5.73 Å². The minimum atomic E-state index is -0.492. The summed E-state index contributed by atoms with van der Waals surface area (Å²) in [6.07, 6.45) is 0.513. The van der Waals surface area contributed by atoms with E-state index < -0.39 is 11.9 Å². The van der Waals surface area contributed by atoms with Gasteiger partial charge in [-0.25, -0.2) is 4.39 Å². The summed E-state index contributed by atoms with van der Waals surface area (Å²) in [4.78, 5) is 0. The van der Waals surface area contributed by atoms with Crippen LogP contribution >= 0.6 is 11.6 Å². The molecule has 0 saturated heterocycles. The summed E-state index contributed by atoms with van der Waals surface area (Å²) < 4.78 is 14.0. The Kier molecular flexibility index (Phi) is 4.53. The van der Waals surface area contributed by atoms with E-state index in [1.165, 1.54) is 6.07 Å². The summed E-state index contributed by atoms with van der Waals surface area (Å²) in [7, 11) is 0. The van der Waals surface area contributed by atoms with Gasteiger partial charge in [-0.1, -0.05) is 31.5 Å². The Bertz CT molecular complexity index is 407. The molecule has 0 saturated carbocycles. The Balaban J connectivity index is 3.20. The van der Waals surface area contributed by atoms with E-state index in [9.17, 15) is 4.39 Å². The van der Waals surface area contributed by atoms with Gasteiger partial charge in [0.1, 0.15) is 5.82 Å². The third-order valence-corrected chi connectivity index (χ3v) is 3.55. The normalized spacial score (nSPS) is 13.8. The average molecular weight is 260 g/mol. The van der Waals surface area contributed by atoms with E-state index in [1.54, 1.807) is 6.07 Å². The van der Waals surface area contributed by atoms with Gasteiger partial charge in [0, 0.05) is 18.2 Å². The first-order valence-electron chi connectivity index (χ1n) is 5.62. The lowest BCUT2D eigenvalue weighted by Gasteiger charge is -2.32. The van der Waals surface area contributed by atoms with Crippen molar-refractivity contribution in [3.05, 3.63) is 34.1 Å². The number of aliphatic hydroxyl groups excluding tert-OH is 1. The highest BCUT2D eigenvalue weighted by Gasteiger charge is 2.30. The standard InChI is InChI=1S/C13H19ClFNO/c1-8-4-5-9(14)11(15)10(8)12(16)13(2,3)6-7-17/h4-5,12,17H,6-7,16H2,1-3H3. The summed E-state index contributed by atoms with van der Waals surface area (Å²) in [5.41, 5.74) is 6.96. The fraction of sp³-hybridized carbons (Fsp3) is 0.538. The minimum Gasteiger partial charge on any atom is -0.396 e. The summed E-state index contributed by atoms with van der Waals surface area (Å²) in [6, 6.07) is 2.80. The zero-order chi connectivity index (χ0) is 13.2. The van der Waals surface area contributed by atoms with E-state index in [-0.39, 0.29) is 17.0 Å². The van der Waals surface area contributed by atoms with Crippen molar-refractivity contribution in [3.8, 4) is 0 Å². The summed E-state index contributed by atoms with van der Waals surface area (Å²) in [5.74, 6) is -0.454. The lowest BCUT2D eigenvalue weighted by atomic mass is 9.77. The van der Waals surface area contributed by atoms with Crippen LogP contribution in [0.1, 0.15) is 37.4 Å². The number of nitrogens with two attached hydrogens (primary N) is 1. The maximum Gasteiger partial charge on any atom is 0.146 e. The molecule has 0 bridgehead atoms. The Morgan fingerprint density at radius 2 is 2.06 bits per heavy atom. The molecule has 1 unspecified atom stereocenters. The Labute approximate surface area is 107 Å². The number of halogens is 2. The topological polar surface area (TPSA) is 46.2 Å². The summed E-state index contributed by atoms with van der Waals surface area (Å²) in [5, 5.41) is 9.10. The second-order valence-electron chi connectivity index (χ2n) is 5.03. The molecule has 1 aromatic rings. The molecule has 0 aliphatic carbocycles. The van der Waals surface area contributed by atoms with Gasteiger partial charge < -0.3 is 10.8 Å². The van der Waals surface area contributed by atoms with Gasteiger partial charge in [-0.3, -0.25) is 0 Å². The van der Waals surface area contributed by atoms with E-state index >= 15 is 0 Å². The van der Waals surface area contributed by atoms with Gasteiger partial charge >= 0.3 is 0 Å². The molecule has 1 aromatic carbocycles. The smallest absolute Gasteiger partial charge is 0.146 e. The molecule has 0 aromatic heterocycles. The number of benzene rings is 1. The van der Waals surface area contributed by atoms with Crippen LogP contribution in [0.25, 0.3) is 0 Å². The number of aryl methyl sites for hydroxylation is 1. The van der Waals surface area contributed by atoms with E-state index in [0.717, 1.165) is 5.56 Å². The van der Waals surface area contributed by atoms with Crippen LogP contribution in [0, 0.1) is 18.2 Å². The SMILES string of the molecule is Cc1ccc(Cl)c(F)c1C(N)C(C)(C)CCO. The van der Waals surface area contributed by atoms with Crippen molar-refractivity contribution in [2.24, 2.45) is 11.1 Å². The van der Waals surface area contributed by atoms with Crippen molar-refractivity contribution in [1.29, 1.82) is 0 Å². The molecular weight excluding hydrogens is 241 g/mol. The van der Waals surface area contributed by atoms with Gasteiger partial charge in [0.25, 0.3) is 0 Å². The molecule has 17 heavy (non-hydrogen) atoms. The molecule has 1 rings (SSSR count). The third kappa shape index (κ3) is 2.97. The zero-order valence-electron chi connectivity index (χ0n) is 10.4. The van der Waals surface area contributed by atoms with Crippen molar-refractivity contribution < 1.29 is 9.50 Å². The monoisotopic (exact) mass is 259 g/mol. The predicted molar refractivity (Wildman–Crippen MR) is 68.6 cm³/mol. The van der Waals surface area contributed by atoms with E-state index in [0.29, 0.717) is 12.0 Å². The molecule has 0 radical (unpaired) electrons. The van der Waals surface area contributed by atoms with E-state index in [1.807, 2.05) is 20.8 Å². The third-order valence-electron chi connectivity index (χ3n) is 3.26. The molecule has 0 amide bonds. The van der Waals surface area contributed by atoms with Crippen LogP contribution in [0.15, 0.2) is 12.1 Å². The maximum absolute atomic E-state index is 14.0. The highest BCUT2D eigenvalue weighted by atomic mass is 35.5. The molecule has 96 valence electrons. The van der Waals surface area contributed by atoms with Gasteiger partial charge in [-0.2, -0.15) is 0 Å². The van der Waals surface area contributed by atoms with Gasteiger partial charge in [-0.05, 0) is 30.4 Å². The summed E-state index contributed by atoms with van der Waals surface area (Å²) in [6.45, 7) is 5.66. The highest BCUT2D eigenvalue weighted by molar-refractivity contribution is 6.30. The second kappa shape index (κ2) is 5.34. The molecule has 1 atom stereocenters. The first-order valence-corrected chi connectivity index (χ1v) is 6.00. The first-order chi connectivity index (χ1) is 7.81. The van der Waals surface area contributed by atoms with Crippen LogP contribution in [-0.2, 0) is 0 Å². The van der Waals surface area contributed by atoms with Crippen LogP contribution in [-0.4, -0.2) is 11.7 Å². The number of hydrogen-bond acceptors (Lipinski definition) is 2. The molecule has 0 spiro atoms. The second-order valence-corrected chi connectivity index (χ2v) is 5.44. The van der Waals surface area contributed by atoms with Crippen LogP contribution in [0.5, 0.6) is 0 Å². The van der Waals surface area contributed by atoms with Crippen molar-refractivity contribution >= 4 is 11.6 Å². The lowest BCUT2D eigenvalue weighted by Crippen LogP contribution is -2.31. The van der Waals surface area contributed by atoms with Crippen molar-refractivity contribution in [2.75, 3.05) is 6.61 Å². The fourth-order valence-electron chi connectivity index (χ4n) is 1.88. The van der Waals surface area contributed by atoms with Crippen molar-refractivity contribution in [3.63, 3.8) is 0 Å². The molecule has 0 aliphatic rings. The van der Waals surface area contributed by atoms with Gasteiger partial charge in [0.05, 0.1) is 5.02 Å². The minimum absolute atomic E-state index is 0.0297. The predicted octanol–water partition coefficient (Wildman–Crippen LogP) is 3.20. The summed E-state index contributed by atoms with van der Waals surface area (Å²) >= 11 is 5.78. The van der Waals surface area contributed by atoms with Gasteiger partial charge in [0.2, 0.25) is 0 Å². The van der Waals surface area contributed by atoms with E-state index in [2.05, 4.69) is 0 Å². The zero-order valence-corrected chi connectivity index (χ0v) is 11.2. The number of aliphatic hydroxyl groups is 1.